The highest BCUT2D eigenvalue weighted by Gasteiger charge is 2.22. The first-order chi connectivity index (χ1) is 14.6. The third-order valence-corrected chi connectivity index (χ3v) is 5.36. The SMILES string of the molecule is Cc1onc(-c2ccccc2)c1-c1nnc(COC(=O)CSc2ccc(Cl)cc2)o1. The Bertz CT molecular complexity index is 1140. The third-order valence-electron chi connectivity index (χ3n) is 4.12. The van der Waals surface area contributed by atoms with Crippen LogP contribution in [0.2, 0.25) is 5.02 Å². The second-order valence-corrected chi connectivity index (χ2v) is 7.72. The van der Waals surface area contributed by atoms with Crippen molar-refractivity contribution >= 4 is 29.3 Å². The molecule has 9 heteroatoms. The second-order valence-electron chi connectivity index (χ2n) is 6.23. The Balaban J connectivity index is 1.39. The number of thioether (sulfide) groups is 1. The molecule has 0 amide bonds. The van der Waals surface area contributed by atoms with E-state index in [2.05, 4.69) is 15.4 Å². The number of esters is 1. The van der Waals surface area contributed by atoms with E-state index >= 15 is 0 Å². The number of hydrogen-bond donors (Lipinski definition) is 0. The maximum atomic E-state index is 12.0. The van der Waals surface area contributed by atoms with Crippen LogP contribution in [0.25, 0.3) is 22.7 Å². The van der Waals surface area contributed by atoms with Gasteiger partial charge in [-0.1, -0.05) is 47.1 Å². The standard InChI is InChI=1S/C21H16ClN3O4S/c1-13-19(20(25-29-13)14-5-3-2-4-6-14)21-24-23-17(28-21)11-27-18(26)12-30-16-9-7-15(22)8-10-16/h2-10H,11-12H2,1H3. The molecule has 4 rings (SSSR count). The molecule has 0 aliphatic carbocycles. The van der Waals surface area contributed by atoms with E-state index in [0.717, 1.165) is 10.5 Å². The van der Waals surface area contributed by atoms with Crippen molar-refractivity contribution in [2.24, 2.45) is 0 Å². The van der Waals surface area contributed by atoms with Gasteiger partial charge in [0.25, 0.3) is 11.8 Å². The lowest BCUT2D eigenvalue weighted by molar-refractivity contribution is -0.142. The number of hydrogen-bond acceptors (Lipinski definition) is 8. The molecule has 0 N–H and O–H groups in total. The summed E-state index contributed by atoms with van der Waals surface area (Å²) in [5, 5.41) is 12.8. The molecule has 0 saturated carbocycles. The number of carbonyl (C=O) groups is 1. The lowest BCUT2D eigenvalue weighted by atomic mass is 10.1. The van der Waals surface area contributed by atoms with Crippen molar-refractivity contribution in [1.82, 2.24) is 15.4 Å². The van der Waals surface area contributed by atoms with Crippen molar-refractivity contribution in [2.75, 3.05) is 5.75 Å². The lowest BCUT2D eigenvalue weighted by Gasteiger charge is -2.02. The summed E-state index contributed by atoms with van der Waals surface area (Å²) in [5.41, 5.74) is 2.10. The Hall–Kier alpha value is -3.10. The predicted octanol–water partition coefficient (Wildman–Crippen LogP) is 5.19. The Morgan fingerprint density at radius 3 is 2.63 bits per heavy atom. The van der Waals surface area contributed by atoms with Gasteiger partial charge in [-0.3, -0.25) is 4.79 Å². The van der Waals surface area contributed by atoms with Gasteiger partial charge in [-0.2, -0.15) is 0 Å². The quantitative estimate of drug-likeness (QED) is 0.286. The van der Waals surface area contributed by atoms with Crippen LogP contribution in [0.4, 0.5) is 0 Å². The Kier molecular flexibility index (Phi) is 6.15. The molecule has 7 nitrogen and oxygen atoms in total. The van der Waals surface area contributed by atoms with Gasteiger partial charge in [0.2, 0.25) is 0 Å². The Morgan fingerprint density at radius 1 is 1.10 bits per heavy atom. The zero-order chi connectivity index (χ0) is 20.9. The molecule has 152 valence electrons. The summed E-state index contributed by atoms with van der Waals surface area (Å²) in [4.78, 5) is 12.9. The highest BCUT2D eigenvalue weighted by Crippen LogP contribution is 2.33. The van der Waals surface area contributed by atoms with Gasteiger partial charge in [0.1, 0.15) is 17.0 Å². The number of aromatic nitrogens is 3. The smallest absolute Gasteiger partial charge is 0.316 e. The molecule has 2 heterocycles. The molecule has 0 spiro atoms. The minimum Gasteiger partial charge on any atom is -0.455 e. The van der Waals surface area contributed by atoms with Gasteiger partial charge < -0.3 is 13.7 Å². The fourth-order valence-electron chi connectivity index (χ4n) is 2.69. The first kappa shape index (κ1) is 20.2. The molecule has 0 fully saturated rings. The van der Waals surface area contributed by atoms with Gasteiger partial charge in [-0.05, 0) is 31.2 Å². The van der Waals surface area contributed by atoms with Crippen molar-refractivity contribution in [1.29, 1.82) is 0 Å². The Labute approximate surface area is 181 Å². The van der Waals surface area contributed by atoms with Crippen LogP contribution in [0.5, 0.6) is 0 Å². The molecule has 0 radical (unpaired) electrons. The van der Waals surface area contributed by atoms with Gasteiger partial charge >= 0.3 is 5.97 Å². The molecular formula is C21H16ClN3O4S. The zero-order valence-electron chi connectivity index (χ0n) is 15.9. The maximum absolute atomic E-state index is 12.0. The van der Waals surface area contributed by atoms with Gasteiger partial charge in [0.15, 0.2) is 6.61 Å². The molecule has 30 heavy (non-hydrogen) atoms. The van der Waals surface area contributed by atoms with E-state index in [0.29, 0.717) is 22.0 Å². The van der Waals surface area contributed by atoms with Crippen LogP contribution in [0.15, 0.2) is 68.4 Å². The molecule has 2 aromatic heterocycles. The van der Waals surface area contributed by atoms with Gasteiger partial charge in [0, 0.05) is 15.5 Å². The first-order valence-electron chi connectivity index (χ1n) is 8.98. The number of benzene rings is 2. The van der Waals surface area contributed by atoms with Crippen molar-refractivity contribution in [3.05, 3.63) is 71.3 Å². The fourth-order valence-corrected chi connectivity index (χ4v) is 3.51. The van der Waals surface area contributed by atoms with E-state index in [9.17, 15) is 4.79 Å². The summed E-state index contributed by atoms with van der Waals surface area (Å²) in [7, 11) is 0. The van der Waals surface area contributed by atoms with E-state index in [1.165, 1.54) is 11.8 Å². The summed E-state index contributed by atoms with van der Waals surface area (Å²) in [5.74, 6) is 0.774. The van der Waals surface area contributed by atoms with Crippen LogP contribution in [0.3, 0.4) is 0 Å². The van der Waals surface area contributed by atoms with Crippen LogP contribution < -0.4 is 0 Å². The van der Waals surface area contributed by atoms with E-state index < -0.39 is 0 Å². The molecule has 0 aliphatic rings. The number of rotatable bonds is 7. The summed E-state index contributed by atoms with van der Waals surface area (Å²) >= 11 is 7.21. The number of nitrogens with zero attached hydrogens (tertiary/aromatic N) is 3. The summed E-state index contributed by atoms with van der Waals surface area (Å²) in [6.45, 7) is 1.66. The molecule has 0 aliphatic heterocycles. The van der Waals surface area contributed by atoms with E-state index in [-0.39, 0.29) is 30.1 Å². The first-order valence-corrected chi connectivity index (χ1v) is 10.3. The molecule has 0 saturated heterocycles. The summed E-state index contributed by atoms with van der Waals surface area (Å²) in [6.07, 6.45) is 0. The van der Waals surface area contributed by atoms with Crippen molar-refractivity contribution in [3.63, 3.8) is 0 Å². The summed E-state index contributed by atoms with van der Waals surface area (Å²) in [6, 6.07) is 16.8. The highest BCUT2D eigenvalue weighted by molar-refractivity contribution is 8.00. The topological polar surface area (TPSA) is 91.3 Å². The molecular weight excluding hydrogens is 426 g/mol. The number of carbonyl (C=O) groups excluding carboxylic acids is 1. The van der Waals surface area contributed by atoms with Crippen LogP contribution in [0, 0.1) is 6.92 Å². The summed E-state index contributed by atoms with van der Waals surface area (Å²) < 4.78 is 16.2. The number of ether oxygens (including phenoxy) is 1. The number of aryl methyl sites for hydroxylation is 1. The monoisotopic (exact) mass is 441 g/mol. The maximum Gasteiger partial charge on any atom is 0.316 e. The average molecular weight is 442 g/mol. The highest BCUT2D eigenvalue weighted by atomic mass is 35.5. The minimum absolute atomic E-state index is 0.113. The van der Waals surface area contributed by atoms with Crippen molar-refractivity contribution < 1.29 is 18.5 Å². The second kappa shape index (κ2) is 9.15. The van der Waals surface area contributed by atoms with Crippen molar-refractivity contribution in [2.45, 2.75) is 18.4 Å². The average Bonchev–Trinajstić information content (AvgIpc) is 3.38. The molecule has 4 aromatic rings. The van der Waals surface area contributed by atoms with Crippen LogP contribution in [0.1, 0.15) is 11.7 Å². The number of halogens is 1. The largest absolute Gasteiger partial charge is 0.455 e. The molecule has 0 atom stereocenters. The lowest BCUT2D eigenvalue weighted by Crippen LogP contribution is -2.07. The van der Waals surface area contributed by atoms with Gasteiger partial charge in [-0.15, -0.1) is 22.0 Å². The van der Waals surface area contributed by atoms with Crippen LogP contribution >= 0.6 is 23.4 Å². The third kappa shape index (κ3) is 4.72. The molecule has 0 bridgehead atoms. The minimum atomic E-state index is -0.388. The zero-order valence-corrected chi connectivity index (χ0v) is 17.4. The van der Waals surface area contributed by atoms with Crippen LogP contribution in [-0.4, -0.2) is 27.1 Å². The van der Waals surface area contributed by atoms with Crippen LogP contribution in [-0.2, 0) is 16.1 Å². The van der Waals surface area contributed by atoms with E-state index in [4.69, 9.17) is 25.3 Å². The molecule has 0 unspecified atom stereocenters. The van der Waals surface area contributed by atoms with Crippen molar-refractivity contribution in [3.8, 4) is 22.7 Å². The normalized spacial score (nSPS) is 10.9. The van der Waals surface area contributed by atoms with E-state index in [1.54, 1.807) is 19.1 Å². The Morgan fingerprint density at radius 2 is 1.87 bits per heavy atom. The van der Waals surface area contributed by atoms with Gasteiger partial charge in [-0.25, -0.2) is 0 Å². The molecule has 2 aromatic carbocycles. The fraction of sp³-hybridized carbons (Fsp3) is 0.143. The predicted molar refractivity (Wildman–Crippen MR) is 112 cm³/mol. The van der Waals surface area contributed by atoms with Gasteiger partial charge in [0.05, 0.1) is 5.75 Å². The van der Waals surface area contributed by atoms with E-state index in [1.807, 2.05) is 42.5 Å².